The normalized spacial score (nSPS) is 11.5. The Morgan fingerprint density at radius 3 is 2.39 bits per heavy atom. The van der Waals surface area contributed by atoms with E-state index < -0.39 is 0 Å². The third-order valence-corrected chi connectivity index (χ3v) is 5.01. The number of carbonyl (C=O) groups is 1. The molecule has 1 aromatic heterocycles. The van der Waals surface area contributed by atoms with E-state index in [9.17, 15) is 4.79 Å². The lowest BCUT2D eigenvalue weighted by Crippen LogP contribution is -2.26. The Morgan fingerprint density at radius 2 is 1.79 bits per heavy atom. The van der Waals surface area contributed by atoms with Gasteiger partial charge in [-0.2, -0.15) is 0 Å². The highest BCUT2D eigenvalue weighted by atomic mass is 35.5. The monoisotopic (exact) mass is 397 g/mol. The van der Waals surface area contributed by atoms with Gasteiger partial charge in [0.1, 0.15) is 0 Å². The first-order valence-corrected chi connectivity index (χ1v) is 9.48. The Kier molecular flexibility index (Phi) is 5.57. The van der Waals surface area contributed by atoms with Crippen molar-refractivity contribution in [2.45, 2.75) is 39.7 Å². The Labute approximate surface area is 170 Å². The highest BCUT2D eigenvalue weighted by molar-refractivity contribution is 6.31. The molecular formula is C22H24ClN3O2. The smallest absolute Gasteiger partial charge is 0.254 e. The van der Waals surface area contributed by atoms with E-state index in [2.05, 4.69) is 43.1 Å². The number of benzene rings is 2. The number of aryl methyl sites for hydroxylation is 1. The fourth-order valence-electron chi connectivity index (χ4n) is 2.77. The van der Waals surface area contributed by atoms with Gasteiger partial charge in [-0.25, -0.2) is 0 Å². The third kappa shape index (κ3) is 4.42. The molecule has 0 spiro atoms. The second kappa shape index (κ2) is 7.76. The van der Waals surface area contributed by atoms with Gasteiger partial charge in [-0.3, -0.25) is 4.79 Å². The van der Waals surface area contributed by atoms with Crippen molar-refractivity contribution in [3.05, 3.63) is 70.1 Å². The van der Waals surface area contributed by atoms with Gasteiger partial charge >= 0.3 is 0 Å². The molecule has 0 aliphatic rings. The molecule has 0 N–H and O–H groups in total. The van der Waals surface area contributed by atoms with Crippen LogP contribution >= 0.6 is 11.6 Å². The average molecular weight is 398 g/mol. The lowest BCUT2D eigenvalue weighted by molar-refractivity contribution is 0.0773. The molecule has 0 saturated carbocycles. The zero-order chi connectivity index (χ0) is 20.5. The molecule has 0 fully saturated rings. The van der Waals surface area contributed by atoms with Crippen LogP contribution in [-0.2, 0) is 12.0 Å². The fourth-order valence-corrected chi connectivity index (χ4v) is 2.95. The molecule has 3 rings (SSSR count). The molecule has 0 aliphatic heterocycles. The van der Waals surface area contributed by atoms with Gasteiger partial charge in [0.2, 0.25) is 11.8 Å². The minimum atomic E-state index is -0.156. The molecule has 0 radical (unpaired) electrons. The van der Waals surface area contributed by atoms with Crippen molar-refractivity contribution in [1.29, 1.82) is 0 Å². The van der Waals surface area contributed by atoms with Crippen LogP contribution in [0.4, 0.5) is 0 Å². The predicted molar refractivity (Wildman–Crippen MR) is 110 cm³/mol. The summed E-state index contributed by atoms with van der Waals surface area (Å²) < 4.78 is 5.75. The first-order valence-electron chi connectivity index (χ1n) is 9.10. The maximum Gasteiger partial charge on any atom is 0.254 e. The van der Waals surface area contributed by atoms with Crippen molar-refractivity contribution in [3.8, 4) is 11.5 Å². The number of amides is 1. The SMILES string of the molecule is Cc1ccc(C(=O)N(C)Cc2nnc(-c3ccc(C(C)(C)C)cc3)o2)cc1Cl. The van der Waals surface area contributed by atoms with Gasteiger partial charge in [0.15, 0.2) is 0 Å². The number of halogens is 1. The van der Waals surface area contributed by atoms with Crippen molar-refractivity contribution in [3.63, 3.8) is 0 Å². The lowest BCUT2D eigenvalue weighted by atomic mass is 9.87. The molecule has 1 heterocycles. The summed E-state index contributed by atoms with van der Waals surface area (Å²) in [6, 6.07) is 13.3. The second-order valence-electron chi connectivity index (χ2n) is 7.95. The number of aromatic nitrogens is 2. The highest BCUT2D eigenvalue weighted by Gasteiger charge is 2.18. The van der Waals surface area contributed by atoms with Gasteiger partial charge in [0.25, 0.3) is 5.91 Å². The summed E-state index contributed by atoms with van der Waals surface area (Å²) >= 11 is 6.12. The first-order chi connectivity index (χ1) is 13.1. The van der Waals surface area contributed by atoms with E-state index in [4.69, 9.17) is 16.0 Å². The van der Waals surface area contributed by atoms with Crippen molar-refractivity contribution in [1.82, 2.24) is 15.1 Å². The van der Waals surface area contributed by atoms with Crippen LogP contribution < -0.4 is 0 Å². The van der Waals surface area contributed by atoms with E-state index in [1.165, 1.54) is 10.5 Å². The quantitative estimate of drug-likeness (QED) is 0.601. The summed E-state index contributed by atoms with van der Waals surface area (Å²) in [5.74, 6) is 0.662. The highest BCUT2D eigenvalue weighted by Crippen LogP contribution is 2.26. The molecule has 28 heavy (non-hydrogen) atoms. The molecule has 146 valence electrons. The number of carbonyl (C=O) groups excluding carboxylic acids is 1. The van der Waals surface area contributed by atoms with Gasteiger partial charge < -0.3 is 9.32 Å². The number of nitrogens with zero attached hydrogens (tertiary/aromatic N) is 3. The Balaban J connectivity index is 1.71. The van der Waals surface area contributed by atoms with Crippen LogP contribution in [0.3, 0.4) is 0 Å². The van der Waals surface area contributed by atoms with Crippen LogP contribution in [0.15, 0.2) is 46.9 Å². The van der Waals surface area contributed by atoms with E-state index in [1.54, 1.807) is 19.2 Å². The van der Waals surface area contributed by atoms with Gasteiger partial charge in [0, 0.05) is 23.2 Å². The Bertz CT molecular complexity index is 988. The Hall–Kier alpha value is -2.66. The fraction of sp³-hybridized carbons (Fsp3) is 0.318. The van der Waals surface area contributed by atoms with E-state index in [0.29, 0.717) is 22.4 Å². The molecular weight excluding hydrogens is 374 g/mol. The van der Waals surface area contributed by atoms with Gasteiger partial charge in [-0.15, -0.1) is 10.2 Å². The second-order valence-corrected chi connectivity index (χ2v) is 8.36. The number of hydrogen-bond acceptors (Lipinski definition) is 4. The third-order valence-electron chi connectivity index (χ3n) is 4.60. The molecule has 0 aliphatic carbocycles. The molecule has 5 nitrogen and oxygen atoms in total. The first kappa shape index (κ1) is 20.1. The van der Waals surface area contributed by atoms with Crippen molar-refractivity contribution in [2.24, 2.45) is 0 Å². The van der Waals surface area contributed by atoms with Crippen LogP contribution in [0.1, 0.15) is 48.1 Å². The topological polar surface area (TPSA) is 59.2 Å². The van der Waals surface area contributed by atoms with E-state index in [0.717, 1.165) is 11.1 Å². The molecule has 0 saturated heterocycles. The van der Waals surface area contributed by atoms with Gasteiger partial charge in [0.05, 0.1) is 6.54 Å². The zero-order valence-corrected chi connectivity index (χ0v) is 17.5. The summed E-state index contributed by atoms with van der Waals surface area (Å²) in [6.07, 6.45) is 0. The minimum Gasteiger partial charge on any atom is -0.419 e. The summed E-state index contributed by atoms with van der Waals surface area (Å²) in [5, 5.41) is 8.76. The minimum absolute atomic E-state index is 0.0838. The zero-order valence-electron chi connectivity index (χ0n) is 16.8. The molecule has 0 atom stereocenters. The van der Waals surface area contributed by atoms with Crippen LogP contribution in [0.25, 0.3) is 11.5 Å². The van der Waals surface area contributed by atoms with E-state index >= 15 is 0 Å². The van der Waals surface area contributed by atoms with Gasteiger partial charge in [-0.1, -0.05) is 50.6 Å². The summed E-state index contributed by atoms with van der Waals surface area (Å²) in [6.45, 7) is 8.62. The van der Waals surface area contributed by atoms with Crippen molar-refractivity contribution in [2.75, 3.05) is 7.05 Å². The number of rotatable bonds is 4. The molecule has 1 amide bonds. The predicted octanol–water partition coefficient (Wildman–Crippen LogP) is 5.27. The number of hydrogen-bond donors (Lipinski definition) is 0. The van der Waals surface area contributed by atoms with Crippen molar-refractivity contribution < 1.29 is 9.21 Å². The molecule has 2 aromatic carbocycles. The summed E-state index contributed by atoms with van der Waals surface area (Å²) in [5.41, 5.74) is 3.63. The van der Waals surface area contributed by atoms with Crippen LogP contribution in [0, 0.1) is 6.92 Å². The molecule has 0 bridgehead atoms. The molecule has 0 unspecified atom stereocenters. The summed E-state index contributed by atoms with van der Waals surface area (Å²) in [7, 11) is 1.69. The standard InChI is InChI=1S/C22H24ClN3O2/c1-14-6-7-16(12-18(14)23)21(27)26(5)13-19-24-25-20(28-19)15-8-10-17(11-9-15)22(2,3)4/h6-12H,13H2,1-5H3. The van der Waals surface area contributed by atoms with Crippen LogP contribution in [0.5, 0.6) is 0 Å². The van der Waals surface area contributed by atoms with Crippen molar-refractivity contribution >= 4 is 17.5 Å². The maximum atomic E-state index is 12.6. The van der Waals surface area contributed by atoms with Crippen LogP contribution in [-0.4, -0.2) is 28.1 Å². The maximum absolute atomic E-state index is 12.6. The van der Waals surface area contributed by atoms with E-state index in [1.807, 2.05) is 25.1 Å². The molecule has 3 aromatic rings. The lowest BCUT2D eigenvalue weighted by Gasteiger charge is -2.18. The van der Waals surface area contributed by atoms with Gasteiger partial charge in [-0.05, 0) is 47.7 Å². The average Bonchev–Trinajstić information content (AvgIpc) is 3.11. The van der Waals surface area contributed by atoms with E-state index in [-0.39, 0.29) is 17.9 Å². The van der Waals surface area contributed by atoms with Crippen LogP contribution in [0.2, 0.25) is 5.02 Å². The Morgan fingerprint density at radius 1 is 1.11 bits per heavy atom. The largest absolute Gasteiger partial charge is 0.419 e. The molecule has 6 heteroatoms. The summed E-state index contributed by atoms with van der Waals surface area (Å²) in [4.78, 5) is 14.1.